The lowest BCUT2D eigenvalue weighted by Crippen LogP contribution is -2.44. The molecule has 6 nitrogen and oxygen atoms in total. The normalized spacial score (nSPS) is 12.6. The van der Waals surface area contributed by atoms with Crippen molar-refractivity contribution in [1.29, 1.82) is 0 Å². The molecule has 0 aliphatic carbocycles. The summed E-state index contributed by atoms with van der Waals surface area (Å²) < 4.78 is 4.83. The van der Waals surface area contributed by atoms with Gasteiger partial charge in [0.2, 0.25) is 11.7 Å². The second kappa shape index (κ2) is 10.0. The van der Waals surface area contributed by atoms with Crippen LogP contribution in [-0.2, 0) is 20.7 Å². The molecule has 0 aliphatic rings. The number of carbonyl (C=O) groups is 3. The number of hydrogen-bond acceptors (Lipinski definition) is 6. The van der Waals surface area contributed by atoms with E-state index in [9.17, 15) is 19.5 Å². The molecule has 2 N–H and O–H groups in total. The molecule has 0 radical (unpaired) electrons. The summed E-state index contributed by atoms with van der Waals surface area (Å²) in [6, 6.07) is 18.0. The van der Waals surface area contributed by atoms with Gasteiger partial charge in [0.05, 0.1) is 17.9 Å². The zero-order valence-electron chi connectivity index (χ0n) is 17.2. The molecule has 0 saturated carbocycles. The molecule has 0 saturated heterocycles. The van der Waals surface area contributed by atoms with Crippen LogP contribution in [0.2, 0.25) is 0 Å². The first-order valence-corrected chi connectivity index (χ1v) is 10.6. The maximum atomic E-state index is 12.8. The number of hydrogen-bond donors (Lipinski definition) is 2. The summed E-state index contributed by atoms with van der Waals surface area (Å²) in [7, 11) is 1.27. The molecule has 160 valence electrons. The number of methoxy groups -OCH3 is 1. The zero-order valence-corrected chi connectivity index (χ0v) is 18.0. The lowest BCUT2D eigenvalue weighted by molar-refractivity contribution is -0.145. The van der Waals surface area contributed by atoms with Gasteiger partial charge in [0.25, 0.3) is 0 Å². The number of amides is 1. The van der Waals surface area contributed by atoms with Crippen LogP contribution in [0.3, 0.4) is 0 Å². The first-order valence-electron chi connectivity index (χ1n) is 9.74. The number of phenolic OH excluding ortho intramolecular Hbond substituents is 1. The van der Waals surface area contributed by atoms with Crippen molar-refractivity contribution in [2.75, 3.05) is 7.11 Å². The second-order valence-corrected chi connectivity index (χ2v) is 8.19. The molecule has 3 aromatic rings. The van der Waals surface area contributed by atoms with Gasteiger partial charge in [-0.25, -0.2) is 4.79 Å². The van der Waals surface area contributed by atoms with E-state index in [1.165, 1.54) is 30.6 Å². The predicted molar refractivity (Wildman–Crippen MR) is 118 cm³/mol. The molecular formula is C24H23NO5S. The molecule has 7 heteroatoms. The molecule has 2 aromatic carbocycles. The molecule has 2 atom stereocenters. The highest BCUT2D eigenvalue weighted by atomic mass is 32.1. The van der Waals surface area contributed by atoms with Crippen LogP contribution < -0.4 is 5.32 Å². The van der Waals surface area contributed by atoms with Crippen molar-refractivity contribution in [2.45, 2.75) is 25.3 Å². The van der Waals surface area contributed by atoms with Crippen LogP contribution in [0.4, 0.5) is 0 Å². The highest BCUT2D eigenvalue weighted by Crippen LogP contribution is 2.27. The number of ketones is 1. The highest BCUT2D eigenvalue weighted by Gasteiger charge is 2.26. The maximum absolute atomic E-state index is 12.8. The average molecular weight is 438 g/mol. The van der Waals surface area contributed by atoms with Crippen LogP contribution in [0.15, 0.2) is 66.7 Å². The summed E-state index contributed by atoms with van der Waals surface area (Å²) in [6.45, 7) is 1.73. The summed E-state index contributed by atoms with van der Waals surface area (Å²) in [5.74, 6) is -1.41. The Balaban J connectivity index is 1.70. The van der Waals surface area contributed by atoms with Gasteiger partial charge in [-0.05, 0) is 36.8 Å². The van der Waals surface area contributed by atoms with Gasteiger partial charge in [-0.1, -0.05) is 42.5 Å². The minimum atomic E-state index is -0.866. The van der Waals surface area contributed by atoms with Crippen LogP contribution in [0.5, 0.6) is 5.75 Å². The Kier molecular flexibility index (Phi) is 7.20. The Labute approximate surface area is 184 Å². The Morgan fingerprint density at radius 3 is 2.32 bits per heavy atom. The number of rotatable bonds is 8. The van der Waals surface area contributed by atoms with Crippen molar-refractivity contribution in [3.8, 4) is 5.75 Å². The fourth-order valence-electron chi connectivity index (χ4n) is 3.07. The maximum Gasteiger partial charge on any atom is 0.328 e. The van der Waals surface area contributed by atoms with E-state index in [1.54, 1.807) is 55.5 Å². The van der Waals surface area contributed by atoms with E-state index in [-0.39, 0.29) is 23.9 Å². The van der Waals surface area contributed by atoms with E-state index in [0.29, 0.717) is 10.4 Å². The fraction of sp³-hybridized carbons (Fsp3) is 0.208. The van der Waals surface area contributed by atoms with Crippen molar-refractivity contribution in [3.63, 3.8) is 0 Å². The molecule has 0 fully saturated rings. The Hall–Kier alpha value is -3.45. The second-order valence-electron chi connectivity index (χ2n) is 7.07. The summed E-state index contributed by atoms with van der Waals surface area (Å²) in [6.07, 6.45) is 0.230. The summed E-state index contributed by atoms with van der Waals surface area (Å²) in [4.78, 5) is 38.9. The molecule has 0 bridgehead atoms. The van der Waals surface area contributed by atoms with Crippen molar-refractivity contribution < 1.29 is 24.2 Å². The molecule has 31 heavy (non-hydrogen) atoms. The van der Waals surface area contributed by atoms with Crippen molar-refractivity contribution in [3.05, 3.63) is 87.6 Å². The van der Waals surface area contributed by atoms with Gasteiger partial charge in [-0.15, -0.1) is 11.3 Å². The molecule has 1 aromatic heterocycles. The molecule has 1 amide bonds. The minimum absolute atomic E-state index is 0.0933. The van der Waals surface area contributed by atoms with Gasteiger partial charge in [0, 0.05) is 16.9 Å². The Morgan fingerprint density at radius 1 is 1.00 bits per heavy atom. The minimum Gasteiger partial charge on any atom is -0.508 e. The van der Waals surface area contributed by atoms with Crippen LogP contribution in [0.1, 0.15) is 38.5 Å². The number of carbonyl (C=O) groups excluding carboxylic acids is 3. The number of aromatic hydroxyl groups is 1. The van der Waals surface area contributed by atoms with Crippen LogP contribution >= 0.6 is 11.3 Å². The molecule has 1 heterocycles. The van der Waals surface area contributed by atoms with Gasteiger partial charge in [-0.2, -0.15) is 0 Å². The third-order valence-corrected chi connectivity index (χ3v) is 6.15. The number of ether oxygens (including phenoxy) is 1. The highest BCUT2D eigenvalue weighted by molar-refractivity contribution is 7.14. The Morgan fingerprint density at radius 2 is 1.68 bits per heavy atom. The SMILES string of the molecule is COC(=O)[C@H](Cc1ccc(O)cc1)NC(=O)[C@H](C)c1ccc(C(=O)c2ccccc2)s1. The largest absolute Gasteiger partial charge is 0.508 e. The van der Waals surface area contributed by atoms with Gasteiger partial charge >= 0.3 is 5.97 Å². The lowest BCUT2D eigenvalue weighted by Gasteiger charge is -2.19. The molecule has 3 rings (SSSR count). The van der Waals surface area contributed by atoms with E-state index < -0.39 is 17.9 Å². The number of benzene rings is 2. The third kappa shape index (κ3) is 5.58. The first kappa shape index (κ1) is 22.2. The van der Waals surface area contributed by atoms with E-state index in [0.717, 1.165) is 10.4 Å². The van der Waals surface area contributed by atoms with Gasteiger partial charge < -0.3 is 15.2 Å². The molecule has 0 unspecified atom stereocenters. The van der Waals surface area contributed by atoms with E-state index in [1.807, 2.05) is 6.07 Å². The number of esters is 1. The lowest BCUT2D eigenvalue weighted by atomic mass is 10.0. The summed E-state index contributed by atoms with van der Waals surface area (Å²) >= 11 is 1.26. The van der Waals surface area contributed by atoms with Gasteiger partial charge in [0.15, 0.2) is 0 Å². The van der Waals surface area contributed by atoms with Crippen molar-refractivity contribution in [1.82, 2.24) is 5.32 Å². The summed E-state index contributed by atoms with van der Waals surface area (Å²) in [5, 5.41) is 12.2. The third-order valence-electron chi connectivity index (χ3n) is 4.88. The monoisotopic (exact) mass is 437 g/mol. The number of thiophene rings is 1. The summed E-state index contributed by atoms with van der Waals surface area (Å²) in [5.41, 5.74) is 1.36. The van der Waals surface area contributed by atoms with Gasteiger partial charge in [0.1, 0.15) is 11.8 Å². The Bertz CT molecular complexity index is 1060. The molecular weight excluding hydrogens is 414 g/mol. The van der Waals surface area contributed by atoms with Crippen LogP contribution in [-0.4, -0.2) is 35.9 Å². The standard InChI is InChI=1S/C24H23NO5S/c1-15(20-12-13-21(31-20)22(27)17-6-4-3-5-7-17)23(28)25-19(24(29)30-2)14-16-8-10-18(26)11-9-16/h3-13,15,19,26H,14H2,1-2H3,(H,25,28)/t15-,19+/m1/s1. The quantitative estimate of drug-likeness (QED) is 0.414. The van der Waals surface area contributed by atoms with E-state index in [2.05, 4.69) is 5.32 Å². The number of nitrogens with one attached hydrogen (secondary N) is 1. The van der Waals surface area contributed by atoms with Crippen LogP contribution in [0, 0.1) is 0 Å². The average Bonchev–Trinajstić information content (AvgIpc) is 3.29. The number of phenols is 1. The smallest absolute Gasteiger partial charge is 0.328 e. The predicted octanol–water partition coefficient (Wildman–Crippen LogP) is 3.69. The molecule has 0 spiro atoms. The zero-order chi connectivity index (χ0) is 22.4. The molecule has 0 aliphatic heterocycles. The topological polar surface area (TPSA) is 92.7 Å². The first-order chi connectivity index (χ1) is 14.9. The van der Waals surface area contributed by atoms with Gasteiger partial charge in [-0.3, -0.25) is 9.59 Å². The van der Waals surface area contributed by atoms with E-state index in [4.69, 9.17) is 4.74 Å². The van der Waals surface area contributed by atoms with E-state index >= 15 is 0 Å². The van der Waals surface area contributed by atoms with Crippen molar-refractivity contribution in [2.24, 2.45) is 0 Å². The van der Waals surface area contributed by atoms with Crippen molar-refractivity contribution >= 4 is 29.0 Å². The fourth-order valence-corrected chi connectivity index (χ4v) is 4.09. The van der Waals surface area contributed by atoms with Crippen LogP contribution in [0.25, 0.3) is 0 Å².